The third-order valence-corrected chi connectivity index (χ3v) is 4.48. The van der Waals surface area contributed by atoms with Gasteiger partial charge in [0.05, 0.1) is 11.6 Å². The highest BCUT2D eigenvalue weighted by Gasteiger charge is 2.39. The molecule has 2 unspecified atom stereocenters. The standard InChI is InChI=1S/C18H22FNO/c1-3-20-17(18(2)11-6-12-21-18)15-9-10-16(19)14-8-5-4-7-13(14)15/h4-5,7-10,17,20H,3,6,11-12H2,1-2H3. The van der Waals surface area contributed by atoms with E-state index >= 15 is 0 Å². The summed E-state index contributed by atoms with van der Waals surface area (Å²) in [6.07, 6.45) is 2.11. The van der Waals surface area contributed by atoms with Crippen LogP contribution in [0.25, 0.3) is 10.8 Å². The minimum atomic E-state index is -0.226. The number of rotatable bonds is 4. The van der Waals surface area contributed by atoms with Crippen LogP contribution >= 0.6 is 0 Å². The molecule has 3 heteroatoms. The molecule has 21 heavy (non-hydrogen) atoms. The van der Waals surface area contributed by atoms with Crippen LogP contribution in [0.4, 0.5) is 4.39 Å². The van der Waals surface area contributed by atoms with Gasteiger partial charge in [-0.05, 0) is 43.3 Å². The zero-order chi connectivity index (χ0) is 14.9. The van der Waals surface area contributed by atoms with Crippen molar-refractivity contribution in [3.8, 4) is 0 Å². The Morgan fingerprint density at radius 1 is 1.24 bits per heavy atom. The number of hydrogen-bond acceptors (Lipinski definition) is 2. The molecule has 2 aromatic carbocycles. The number of fused-ring (bicyclic) bond motifs is 1. The average Bonchev–Trinajstić information content (AvgIpc) is 2.94. The molecule has 1 saturated heterocycles. The molecule has 2 atom stereocenters. The van der Waals surface area contributed by atoms with Gasteiger partial charge in [0.25, 0.3) is 0 Å². The van der Waals surface area contributed by atoms with Crippen molar-refractivity contribution in [3.63, 3.8) is 0 Å². The molecule has 0 radical (unpaired) electrons. The van der Waals surface area contributed by atoms with E-state index < -0.39 is 0 Å². The number of benzene rings is 2. The predicted octanol–water partition coefficient (Wildman–Crippen LogP) is 4.20. The molecule has 0 aromatic heterocycles. The van der Waals surface area contributed by atoms with E-state index in [1.54, 1.807) is 6.07 Å². The van der Waals surface area contributed by atoms with Crippen LogP contribution in [0.5, 0.6) is 0 Å². The molecule has 0 spiro atoms. The first-order valence-electron chi connectivity index (χ1n) is 7.70. The van der Waals surface area contributed by atoms with Gasteiger partial charge in [0.1, 0.15) is 5.82 Å². The molecule has 1 aliphatic rings. The summed E-state index contributed by atoms with van der Waals surface area (Å²) in [7, 11) is 0. The van der Waals surface area contributed by atoms with Crippen molar-refractivity contribution in [1.29, 1.82) is 0 Å². The maximum absolute atomic E-state index is 14.0. The van der Waals surface area contributed by atoms with Gasteiger partial charge in [0.15, 0.2) is 0 Å². The SMILES string of the molecule is CCNC(c1ccc(F)c2ccccc12)C1(C)CCCO1. The van der Waals surface area contributed by atoms with E-state index in [4.69, 9.17) is 4.74 Å². The maximum Gasteiger partial charge on any atom is 0.131 e. The summed E-state index contributed by atoms with van der Waals surface area (Å²) in [5, 5.41) is 5.20. The molecule has 1 fully saturated rings. The Bertz CT molecular complexity index is 634. The fraction of sp³-hybridized carbons (Fsp3) is 0.444. The van der Waals surface area contributed by atoms with E-state index in [2.05, 4.69) is 19.2 Å². The van der Waals surface area contributed by atoms with E-state index in [0.717, 1.165) is 36.9 Å². The molecule has 0 amide bonds. The number of nitrogens with one attached hydrogen (secondary N) is 1. The molecule has 0 saturated carbocycles. The van der Waals surface area contributed by atoms with Crippen molar-refractivity contribution in [2.45, 2.75) is 38.3 Å². The summed E-state index contributed by atoms with van der Waals surface area (Å²) in [6, 6.07) is 11.2. The molecule has 112 valence electrons. The molecule has 3 rings (SSSR count). The molecule has 2 aromatic rings. The van der Waals surface area contributed by atoms with Crippen molar-refractivity contribution < 1.29 is 9.13 Å². The van der Waals surface area contributed by atoms with Crippen LogP contribution in [0.2, 0.25) is 0 Å². The van der Waals surface area contributed by atoms with Crippen molar-refractivity contribution in [3.05, 3.63) is 47.8 Å². The zero-order valence-corrected chi connectivity index (χ0v) is 12.7. The molecule has 0 aliphatic carbocycles. The monoisotopic (exact) mass is 287 g/mol. The van der Waals surface area contributed by atoms with E-state index in [-0.39, 0.29) is 17.5 Å². The van der Waals surface area contributed by atoms with Crippen LogP contribution in [0.1, 0.15) is 38.3 Å². The first-order chi connectivity index (χ1) is 10.2. The highest BCUT2D eigenvalue weighted by Crippen LogP contribution is 2.40. The summed E-state index contributed by atoms with van der Waals surface area (Å²) in [5.74, 6) is -0.165. The zero-order valence-electron chi connectivity index (χ0n) is 12.7. The maximum atomic E-state index is 14.0. The van der Waals surface area contributed by atoms with Gasteiger partial charge in [-0.2, -0.15) is 0 Å². The summed E-state index contributed by atoms with van der Waals surface area (Å²) in [4.78, 5) is 0. The van der Waals surface area contributed by atoms with Gasteiger partial charge >= 0.3 is 0 Å². The van der Waals surface area contributed by atoms with Crippen LogP contribution in [-0.2, 0) is 4.74 Å². The normalized spacial score (nSPS) is 23.6. The molecular formula is C18H22FNO. The minimum absolute atomic E-state index is 0.0792. The van der Waals surface area contributed by atoms with Gasteiger partial charge in [-0.3, -0.25) is 0 Å². The quantitative estimate of drug-likeness (QED) is 0.910. The number of halogens is 1. The Balaban J connectivity index is 2.14. The summed E-state index contributed by atoms with van der Waals surface area (Å²) >= 11 is 0. The Kier molecular flexibility index (Phi) is 3.96. The highest BCUT2D eigenvalue weighted by atomic mass is 19.1. The highest BCUT2D eigenvalue weighted by molar-refractivity contribution is 5.86. The first-order valence-corrected chi connectivity index (χ1v) is 7.70. The van der Waals surface area contributed by atoms with Gasteiger partial charge in [-0.25, -0.2) is 4.39 Å². The summed E-state index contributed by atoms with van der Waals surface area (Å²) < 4.78 is 20.1. The minimum Gasteiger partial charge on any atom is -0.373 e. The van der Waals surface area contributed by atoms with Gasteiger partial charge in [0.2, 0.25) is 0 Å². The molecule has 1 N–H and O–H groups in total. The first kappa shape index (κ1) is 14.5. The van der Waals surface area contributed by atoms with Gasteiger partial charge in [-0.1, -0.05) is 37.3 Å². The van der Waals surface area contributed by atoms with E-state index in [1.165, 1.54) is 0 Å². The lowest BCUT2D eigenvalue weighted by molar-refractivity contribution is -0.0117. The van der Waals surface area contributed by atoms with Gasteiger partial charge in [-0.15, -0.1) is 0 Å². The summed E-state index contributed by atoms with van der Waals surface area (Å²) in [6.45, 7) is 5.91. The number of ether oxygens (including phenoxy) is 1. The Labute approximate surface area is 125 Å². The molecule has 1 aliphatic heterocycles. The topological polar surface area (TPSA) is 21.3 Å². The largest absolute Gasteiger partial charge is 0.373 e. The van der Waals surface area contributed by atoms with Crippen LogP contribution in [0.15, 0.2) is 36.4 Å². The third-order valence-electron chi connectivity index (χ3n) is 4.48. The molecule has 2 nitrogen and oxygen atoms in total. The van der Waals surface area contributed by atoms with Crippen molar-refractivity contribution >= 4 is 10.8 Å². The van der Waals surface area contributed by atoms with Crippen LogP contribution in [-0.4, -0.2) is 18.8 Å². The summed E-state index contributed by atoms with van der Waals surface area (Å²) in [5.41, 5.74) is 0.898. The number of likely N-dealkylation sites (N-methyl/N-ethyl adjacent to an activating group) is 1. The molecular weight excluding hydrogens is 265 g/mol. The Hall–Kier alpha value is -1.45. The van der Waals surface area contributed by atoms with E-state index in [1.807, 2.05) is 30.3 Å². The van der Waals surface area contributed by atoms with Gasteiger partial charge < -0.3 is 10.1 Å². The lowest BCUT2D eigenvalue weighted by Gasteiger charge is -2.35. The lowest BCUT2D eigenvalue weighted by atomic mass is 9.85. The van der Waals surface area contributed by atoms with Gasteiger partial charge in [0, 0.05) is 12.0 Å². The van der Waals surface area contributed by atoms with Crippen LogP contribution < -0.4 is 5.32 Å². The second-order valence-electron chi connectivity index (χ2n) is 5.94. The third kappa shape index (κ3) is 2.56. The van der Waals surface area contributed by atoms with Crippen LogP contribution in [0, 0.1) is 5.82 Å². The van der Waals surface area contributed by atoms with Crippen LogP contribution in [0.3, 0.4) is 0 Å². The Morgan fingerprint density at radius 2 is 2.00 bits per heavy atom. The molecule has 1 heterocycles. The average molecular weight is 287 g/mol. The fourth-order valence-corrected chi connectivity index (χ4v) is 3.42. The number of hydrogen-bond donors (Lipinski definition) is 1. The second-order valence-corrected chi connectivity index (χ2v) is 5.94. The fourth-order valence-electron chi connectivity index (χ4n) is 3.42. The molecule has 0 bridgehead atoms. The van der Waals surface area contributed by atoms with E-state index in [0.29, 0.717) is 5.39 Å². The second kappa shape index (κ2) is 5.74. The van der Waals surface area contributed by atoms with E-state index in [9.17, 15) is 4.39 Å². The predicted molar refractivity (Wildman–Crippen MR) is 83.9 cm³/mol. The van der Waals surface area contributed by atoms with Crippen molar-refractivity contribution in [1.82, 2.24) is 5.32 Å². The lowest BCUT2D eigenvalue weighted by Crippen LogP contribution is -2.41. The smallest absolute Gasteiger partial charge is 0.131 e. The Morgan fingerprint density at radius 3 is 2.67 bits per heavy atom. The van der Waals surface area contributed by atoms with Crippen molar-refractivity contribution in [2.75, 3.05) is 13.2 Å². The van der Waals surface area contributed by atoms with Crippen molar-refractivity contribution in [2.24, 2.45) is 0 Å².